The third-order valence-corrected chi connectivity index (χ3v) is 2.59. The summed E-state index contributed by atoms with van der Waals surface area (Å²) in [4.78, 5) is 19.3. The molecule has 2 aromatic rings. The van der Waals surface area contributed by atoms with E-state index in [1.165, 1.54) is 12.4 Å². The first-order chi connectivity index (χ1) is 8.74. The summed E-state index contributed by atoms with van der Waals surface area (Å²) < 4.78 is 0. The molecule has 0 radical (unpaired) electrons. The number of amides is 1. The van der Waals surface area contributed by atoms with Gasteiger partial charge < -0.3 is 5.32 Å². The fraction of sp³-hybridized carbons (Fsp3) is 0.154. The highest BCUT2D eigenvalue weighted by Crippen LogP contribution is 2.09. The monoisotopic (exact) mass is 261 g/mol. The number of rotatable bonds is 4. The molecule has 0 saturated carbocycles. The smallest absolute Gasteiger partial charge is 0.225 e. The molecule has 4 nitrogen and oxygen atoms in total. The number of aromatic nitrogens is 2. The van der Waals surface area contributed by atoms with E-state index < -0.39 is 0 Å². The SMILES string of the molecule is O=C(CCc1ccccc1)Nc1cc(Cl)ncn1. The quantitative estimate of drug-likeness (QED) is 0.861. The predicted octanol–water partition coefficient (Wildman–Crippen LogP) is 2.70. The number of anilines is 1. The second kappa shape index (κ2) is 6.12. The van der Waals surface area contributed by atoms with Crippen molar-refractivity contribution in [2.75, 3.05) is 5.32 Å². The molecule has 0 unspecified atom stereocenters. The lowest BCUT2D eigenvalue weighted by Crippen LogP contribution is -2.13. The minimum absolute atomic E-state index is 0.0892. The minimum atomic E-state index is -0.0892. The van der Waals surface area contributed by atoms with Gasteiger partial charge in [-0.3, -0.25) is 4.79 Å². The lowest BCUT2D eigenvalue weighted by Gasteiger charge is -2.04. The fourth-order valence-electron chi connectivity index (χ4n) is 1.51. The standard InChI is InChI=1S/C13H12ClN3O/c14-11-8-12(16-9-15-11)17-13(18)7-6-10-4-2-1-3-5-10/h1-5,8-9H,6-7H2,(H,15,16,17,18). The van der Waals surface area contributed by atoms with Gasteiger partial charge in [-0.05, 0) is 12.0 Å². The first-order valence-electron chi connectivity index (χ1n) is 5.55. The summed E-state index contributed by atoms with van der Waals surface area (Å²) in [5.41, 5.74) is 1.13. The molecule has 0 bridgehead atoms. The van der Waals surface area contributed by atoms with Gasteiger partial charge in [0.15, 0.2) is 0 Å². The number of hydrogen-bond acceptors (Lipinski definition) is 3. The van der Waals surface area contributed by atoms with E-state index in [1.807, 2.05) is 30.3 Å². The second-order valence-electron chi connectivity index (χ2n) is 3.76. The van der Waals surface area contributed by atoms with Gasteiger partial charge in [-0.15, -0.1) is 0 Å². The van der Waals surface area contributed by atoms with Crippen molar-refractivity contribution < 1.29 is 4.79 Å². The molecule has 92 valence electrons. The van der Waals surface area contributed by atoms with E-state index in [0.717, 1.165) is 5.56 Å². The van der Waals surface area contributed by atoms with Gasteiger partial charge in [-0.25, -0.2) is 9.97 Å². The topological polar surface area (TPSA) is 54.9 Å². The third kappa shape index (κ3) is 3.82. The van der Waals surface area contributed by atoms with Crippen LogP contribution in [0.3, 0.4) is 0 Å². The number of benzene rings is 1. The van der Waals surface area contributed by atoms with Crippen LogP contribution in [0.25, 0.3) is 0 Å². The van der Waals surface area contributed by atoms with Crippen molar-refractivity contribution in [3.8, 4) is 0 Å². The highest BCUT2D eigenvalue weighted by Gasteiger charge is 2.04. The molecule has 0 spiro atoms. The van der Waals surface area contributed by atoms with Crippen molar-refractivity contribution in [1.82, 2.24) is 9.97 Å². The van der Waals surface area contributed by atoms with Crippen molar-refractivity contribution in [2.24, 2.45) is 0 Å². The Hall–Kier alpha value is -1.94. The van der Waals surface area contributed by atoms with Crippen molar-refractivity contribution >= 4 is 23.3 Å². The summed E-state index contributed by atoms with van der Waals surface area (Å²) in [5, 5.41) is 2.99. The zero-order valence-corrected chi connectivity index (χ0v) is 10.4. The predicted molar refractivity (Wildman–Crippen MR) is 70.4 cm³/mol. The Labute approximate surface area is 110 Å². The summed E-state index contributed by atoms with van der Waals surface area (Å²) in [6, 6.07) is 11.4. The second-order valence-corrected chi connectivity index (χ2v) is 4.15. The van der Waals surface area contributed by atoms with E-state index in [-0.39, 0.29) is 5.91 Å². The van der Waals surface area contributed by atoms with Gasteiger partial charge in [-0.1, -0.05) is 41.9 Å². The number of carbonyl (C=O) groups excluding carboxylic acids is 1. The molecule has 18 heavy (non-hydrogen) atoms. The van der Waals surface area contributed by atoms with Crippen molar-refractivity contribution in [2.45, 2.75) is 12.8 Å². The molecule has 0 aliphatic carbocycles. The molecule has 0 fully saturated rings. The molecule has 0 atom stereocenters. The largest absolute Gasteiger partial charge is 0.311 e. The molecule has 2 rings (SSSR count). The molecular formula is C13H12ClN3O. The van der Waals surface area contributed by atoms with Crippen LogP contribution in [0.4, 0.5) is 5.82 Å². The van der Waals surface area contributed by atoms with Crippen LogP contribution in [-0.2, 0) is 11.2 Å². The van der Waals surface area contributed by atoms with E-state index >= 15 is 0 Å². The van der Waals surface area contributed by atoms with Gasteiger partial charge in [-0.2, -0.15) is 0 Å². The van der Waals surface area contributed by atoms with E-state index in [4.69, 9.17) is 11.6 Å². The van der Waals surface area contributed by atoms with E-state index in [2.05, 4.69) is 15.3 Å². The Morgan fingerprint density at radius 2 is 2.00 bits per heavy atom. The van der Waals surface area contributed by atoms with Crippen molar-refractivity contribution in [3.63, 3.8) is 0 Å². The first kappa shape index (κ1) is 12.5. The van der Waals surface area contributed by atoms with E-state index in [9.17, 15) is 4.79 Å². The molecular weight excluding hydrogens is 250 g/mol. The maximum atomic E-state index is 11.7. The highest BCUT2D eigenvalue weighted by atomic mass is 35.5. The van der Waals surface area contributed by atoms with Crippen LogP contribution in [0.2, 0.25) is 5.15 Å². The maximum Gasteiger partial charge on any atom is 0.225 e. The molecule has 1 aromatic carbocycles. The minimum Gasteiger partial charge on any atom is -0.311 e. The van der Waals surface area contributed by atoms with Gasteiger partial charge >= 0.3 is 0 Å². The van der Waals surface area contributed by atoms with E-state index in [0.29, 0.717) is 23.8 Å². The van der Waals surface area contributed by atoms with Crippen molar-refractivity contribution in [1.29, 1.82) is 0 Å². The van der Waals surface area contributed by atoms with Gasteiger partial charge in [0.2, 0.25) is 5.91 Å². The zero-order valence-electron chi connectivity index (χ0n) is 9.64. The van der Waals surface area contributed by atoms with Crippen LogP contribution in [0.15, 0.2) is 42.7 Å². The number of halogens is 1. The molecule has 1 N–H and O–H groups in total. The van der Waals surface area contributed by atoms with Crippen LogP contribution in [0.1, 0.15) is 12.0 Å². The number of hydrogen-bond donors (Lipinski definition) is 1. The molecule has 0 aliphatic rings. The van der Waals surface area contributed by atoms with Crippen LogP contribution < -0.4 is 5.32 Å². The Kier molecular flexibility index (Phi) is 4.25. The van der Waals surface area contributed by atoms with Gasteiger partial charge in [0.05, 0.1) is 0 Å². The number of nitrogens with one attached hydrogen (secondary N) is 1. The van der Waals surface area contributed by atoms with Gasteiger partial charge in [0, 0.05) is 12.5 Å². The lowest BCUT2D eigenvalue weighted by atomic mass is 10.1. The summed E-state index contributed by atoms with van der Waals surface area (Å²) in [6.45, 7) is 0. The summed E-state index contributed by atoms with van der Waals surface area (Å²) >= 11 is 5.70. The number of carbonyl (C=O) groups is 1. The van der Waals surface area contributed by atoms with E-state index in [1.54, 1.807) is 0 Å². The van der Waals surface area contributed by atoms with Crippen LogP contribution in [0, 0.1) is 0 Å². The van der Waals surface area contributed by atoms with Gasteiger partial charge in [0.1, 0.15) is 17.3 Å². The average Bonchev–Trinajstić information content (AvgIpc) is 2.38. The number of nitrogens with zero attached hydrogens (tertiary/aromatic N) is 2. The summed E-state index contributed by atoms with van der Waals surface area (Å²) in [6.07, 6.45) is 2.42. The Morgan fingerprint density at radius 1 is 1.22 bits per heavy atom. The fourth-order valence-corrected chi connectivity index (χ4v) is 1.66. The maximum absolute atomic E-state index is 11.7. The Bertz CT molecular complexity index is 531. The van der Waals surface area contributed by atoms with Crippen LogP contribution in [-0.4, -0.2) is 15.9 Å². The molecule has 1 amide bonds. The van der Waals surface area contributed by atoms with Crippen molar-refractivity contribution in [3.05, 3.63) is 53.4 Å². The Balaban J connectivity index is 1.86. The molecule has 0 saturated heterocycles. The molecule has 0 aliphatic heterocycles. The third-order valence-electron chi connectivity index (χ3n) is 2.38. The lowest BCUT2D eigenvalue weighted by molar-refractivity contribution is -0.116. The average molecular weight is 262 g/mol. The molecule has 1 aromatic heterocycles. The normalized spacial score (nSPS) is 10.1. The highest BCUT2D eigenvalue weighted by molar-refractivity contribution is 6.29. The summed E-state index contributed by atoms with van der Waals surface area (Å²) in [7, 11) is 0. The first-order valence-corrected chi connectivity index (χ1v) is 5.93. The van der Waals surface area contributed by atoms with Crippen LogP contribution >= 0.6 is 11.6 Å². The molecule has 5 heteroatoms. The zero-order chi connectivity index (χ0) is 12.8. The Morgan fingerprint density at radius 3 is 2.72 bits per heavy atom. The number of aryl methyl sites for hydroxylation is 1. The molecule has 1 heterocycles. The van der Waals surface area contributed by atoms with Gasteiger partial charge in [0.25, 0.3) is 0 Å². The van der Waals surface area contributed by atoms with Crippen LogP contribution in [0.5, 0.6) is 0 Å². The summed E-state index contributed by atoms with van der Waals surface area (Å²) in [5.74, 6) is 0.335.